The summed E-state index contributed by atoms with van der Waals surface area (Å²) in [4.78, 5) is 27.7. The Labute approximate surface area is 200 Å². The molecule has 2 amide bonds. The number of para-hydroxylation sites is 1. The van der Waals surface area contributed by atoms with Gasteiger partial charge >= 0.3 is 0 Å². The molecule has 0 bridgehead atoms. The van der Waals surface area contributed by atoms with Gasteiger partial charge < -0.3 is 15.0 Å². The van der Waals surface area contributed by atoms with Gasteiger partial charge in [0.15, 0.2) is 6.10 Å². The zero-order chi connectivity index (χ0) is 24.1. The third-order valence-corrected chi connectivity index (χ3v) is 5.78. The van der Waals surface area contributed by atoms with Gasteiger partial charge in [0.2, 0.25) is 0 Å². The summed E-state index contributed by atoms with van der Waals surface area (Å²) in [5.74, 6) is 0.334. The highest BCUT2D eigenvalue weighted by Gasteiger charge is 2.19. The Balaban J connectivity index is 1.46. The third kappa shape index (κ3) is 4.94. The number of carbonyl (C=O) groups excluding carboxylic acids is 2. The Morgan fingerprint density at radius 3 is 2.29 bits per heavy atom. The van der Waals surface area contributed by atoms with E-state index in [0.29, 0.717) is 23.5 Å². The summed E-state index contributed by atoms with van der Waals surface area (Å²) in [6, 6.07) is 28.5. The van der Waals surface area contributed by atoms with Crippen LogP contribution in [0.4, 0.5) is 11.4 Å². The molecule has 172 valence electrons. The predicted octanol–water partition coefficient (Wildman–Crippen LogP) is 6.22. The maximum atomic E-state index is 13.3. The number of rotatable bonds is 7. The van der Waals surface area contributed by atoms with Gasteiger partial charge in [0.25, 0.3) is 11.8 Å². The van der Waals surface area contributed by atoms with Crippen molar-refractivity contribution < 1.29 is 14.3 Å². The first-order chi connectivity index (χ1) is 16.5. The number of aryl methyl sites for hydroxylation is 1. The SMILES string of the molecule is CCN(C(=O)c1ccc(NC(=O)C(C)Oc2ccccc2C)cc1)c1cccc2ccccc12. The number of hydrogen-bond acceptors (Lipinski definition) is 3. The van der Waals surface area contributed by atoms with Gasteiger partial charge in [-0.05, 0) is 68.1 Å². The first-order valence-corrected chi connectivity index (χ1v) is 11.4. The van der Waals surface area contributed by atoms with E-state index in [-0.39, 0.29) is 11.8 Å². The van der Waals surface area contributed by atoms with E-state index in [1.54, 1.807) is 36.1 Å². The number of ether oxygens (including phenoxy) is 1. The molecule has 1 atom stereocenters. The van der Waals surface area contributed by atoms with E-state index in [2.05, 4.69) is 5.32 Å². The van der Waals surface area contributed by atoms with Crippen molar-refractivity contribution in [3.8, 4) is 5.75 Å². The summed E-state index contributed by atoms with van der Waals surface area (Å²) in [6.07, 6.45) is -0.663. The Morgan fingerprint density at radius 1 is 0.882 bits per heavy atom. The molecule has 0 saturated heterocycles. The van der Waals surface area contributed by atoms with Crippen LogP contribution in [-0.4, -0.2) is 24.5 Å². The molecule has 0 heterocycles. The van der Waals surface area contributed by atoms with Gasteiger partial charge in [0, 0.05) is 23.2 Å². The van der Waals surface area contributed by atoms with Crippen molar-refractivity contribution in [2.75, 3.05) is 16.8 Å². The van der Waals surface area contributed by atoms with Crippen molar-refractivity contribution in [2.45, 2.75) is 26.9 Å². The molecule has 0 fully saturated rings. The molecular formula is C29H28N2O3. The van der Waals surface area contributed by atoms with Gasteiger partial charge in [-0.25, -0.2) is 0 Å². The van der Waals surface area contributed by atoms with Gasteiger partial charge in [-0.15, -0.1) is 0 Å². The van der Waals surface area contributed by atoms with Crippen LogP contribution in [0, 0.1) is 6.92 Å². The van der Waals surface area contributed by atoms with E-state index >= 15 is 0 Å². The molecule has 0 aromatic heterocycles. The van der Waals surface area contributed by atoms with Crippen LogP contribution < -0.4 is 15.0 Å². The van der Waals surface area contributed by atoms with Crippen LogP contribution in [0.3, 0.4) is 0 Å². The molecule has 4 aromatic rings. The van der Waals surface area contributed by atoms with Crippen molar-refractivity contribution in [3.05, 3.63) is 102 Å². The highest BCUT2D eigenvalue weighted by molar-refractivity contribution is 6.11. The largest absolute Gasteiger partial charge is 0.481 e. The second-order valence-corrected chi connectivity index (χ2v) is 8.14. The molecular weight excluding hydrogens is 424 g/mol. The van der Waals surface area contributed by atoms with Crippen molar-refractivity contribution >= 4 is 34.0 Å². The lowest BCUT2D eigenvalue weighted by atomic mass is 10.1. The Bertz CT molecular complexity index is 1310. The minimum atomic E-state index is -0.663. The molecule has 34 heavy (non-hydrogen) atoms. The van der Waals surface area contributed by atoms with Gasteiger partial charge in [-0.1, -0.05) is 54.6 Å². The van der Waals surface area contributed by atoms with Crippen LogP contribution in [0.15, 0.2) is 91.0 Å². The van der Waals surface area contributed by atoms with Crippen molar-refractivity contribution in [1.82, 2.24) is 0 Å². The predicted molar refractivity (Wildman–Crippen MR) is 138 cm³/mol. The maximum absolute atomic E-state index is 13.3. The first-order valence-electron chi connectivity index (χ1n) is 11.4. The number of benzene rings is 4. The number of fused-ring (bicyclic) bond motifs is 1. The number of carbonyl (C=O) groups is 2. The summed E-state index contributed by atoms with van der Waals surface area (Å²) >= 11 is 0. The molecule has 1 unspecified atom stereocenters. The average molecular weight is 453 g/mol. The molecule has 0 aliphatic heterocycles. The maximum Gasteiger partial charge on any atom is 0.265 e. The van der Waals surface area contributed by atoms with Crippen LogP contribution in [0.1, 0.15) is 29.8 Å². The van der Waals surface area contributed by atoms with Crippen molar-refractivity contribution in [2.24, 2.45) is 0 Å². The Kier molecular flexibility index (Phi) is 6.93. The second-order valence-electron chi connectivity index (χ2n) is 8.14. The summed E-state index contributed by atoms with van der Waals surface area (Å²) in [7, 11) is 0. The molecule has 4 rings (SSSR count). The van der Waals surface area contributed by atoms with Gasteiger partial charge in [0.1, 0.15) is 5.75 Å². The summed E-state index contributed by atoms with van der Waals surface area (Å²) in [5.41, 5.74) is 3.01. The van der Waals surface area contributed by atoms with E-state index in [9.17, 15) is 9.59 Å². The molecule has 5 heteroatoms. The third-order valence-electron chi connectivity index (χ3n) is 5.78. The monoisotopic (exact) mass is 452 g/mol. The van der Waals surface area contributed by atoms with E-state index in [4.69, 9.17) is 4.74 Å². The number of anilines is 2. The lowest BCUT2D eigenvalue weighted by molar-refractivity contribution is -0.122. The van der Waals surface area contributed by atoms with E-state index < -0.39 is 6.10 Å². The van der Waals surface area contributed by atoms with Crippen LogP contribution >= 0.6 is 0 Å². The van der Waals surface area contributed by atoms with Crippen LogP contribution in [-0.2, 0) is 4.79 Å². The van der Waals surface area contributed by atoms with Crippen LogP contribution in [0.5, 0.6) is 5.75 Å². The second kappa shape index (κ2) is 10.2. The molecule has 5 nitrogen and oxygen atoms in total. The average Bonchev–Trinajstić information content (AvgIpc) is 2.86. The fraction of sp³-hybridized carbons (Fsp3) is 0.172. The lowest BCUT2D eigenvalue weighted by Gasteiger charge is -2.23. The molecule has 0 radical (unpaired) electrons. The number of nitrogens with one attached hydrogen (secondary N) is 1. The first kappa shape index (κ1) is 23.1. The quantitative estimate of drug-likeness (QED) is 0.362. The smallest absolute Gasteiger partial charge is 0.265 e. The van der Waals surface area contributed by atoms with E-state index in [0.717, 1.165) is 22.0 Å². The number of nitrogens with zero attached hydrogens (tertiary/aromatic N) is 1. The minimum absolute atomic E-state index is 0.0898. The molecule has 0 aliphatic rings. The summed E-state index contributed by atoms with van der Waals surface area (Å²) in [5, 5.41) is 4.98. The molecule has 1 N–H and O–H groups in total. The van der Waals surface area contributed by atoms with Crippen LogP contribution in [0.2, 0.25) is 0 Å². The number of amides is 2. The summed E-state index contributed by atoms with van der Waals surface area (Å²) in [6.45, 7) is 6.15. The van der Waals surface area contributed by atoms with Gasteiger partial charge in [-0.3, -0.25) is 9.59 Å². The zero-order valence-corrected chi connectivity index (χ0v) is 19.6. The van der Waals surface area contributed by atoms with Crippen molar-refractivity contribution in [1.29, 1.82) is 0 Å². The van der Waals surface area contributed by atoms with Crippen molar-refractivity contribution in [3.63, 3.8) is 0 Å². The van der Waals surface area contributed by atoms with Gasteiger partial charge in [0.05, 0.1) is 5.69 Å². The molecule has 0 aliphatic carbocycles. The lowest BCUT2D eigenvalue weighted by Crippen LogP contribution is -2.31. The standard InChI is InChI=1S/C29H28N2O3/c1-4-31(26-14-9-12-22-11-6-7-13-25(22)26)29(33)23-16-18-24(19-17-23)30-28(32)21(3)34-27-15-8-5-10-20(27)2/h5-19,21H,4H2,1-3H3,(H,30,32). The molecule has 0 spiro atoms. The van der Waals surface area contributed by atoms with E-state index in [1.165, 1.54) is 0 Å². The normalized spacial score (nSPS) is 11.6. The fourth-order valence-corrected chi connectivity index (χ4v) is 3.90. The van der Waals surface area contributed by atoms with Gasteiger partial charge in [-0.2, -0.15) is 0 Å². The summed E-state index contributed by atoms with van der Waals surface area (Å²) < 4.78 is 5.80. The highest BCUT2D eigenvalue weighted by atomic mass is 16.5. The minimum Gasteiger partial charge on any atom is -0.481 e. The number of hydrogen-bond donors (Lipinski definition) is 1. The molecule has 0 saturated carbocycles. The molecule has 4 aromatic carbocycles. The Hall–Kier alpha value is -4.12. The Morgan fingerprint density at radius 2 is 1.56 bits per heavy atom. The topological polar surface area (TPSA) is 58.6 Å². The van der Waals surface area contributed by atoms with Crippen LogP contribution in [0.25, 0.3) is 10.8 Å². The van der Waals surface area contributed by atoms with E-state index in [1.807, 2.05) is 80.6 Å². The highest BCUT2D eigenvalue weighted by Crippen LogP contribution is 2.28. The zero-order valence-electron chi connectivity index (χ0n) is 19.6. The fourth-order valence-electron chi connectivity index (χ4n) is 3.90.